The molecule has 17 heteroatoms. The molecule has 1 aromatic carbocycles. The summed E-state index contributed by atoms with van der Waals surface area (Å²) in [5.74, 6) is -1.42. The molecule has 3 heterocycles. The first-order valence-electron chi connectivity index (χ1n) is 20.1. The molecule has 1 saturated heterocycles. The first-order chi connectivity index (χ1) is 27.0. The molecule has 6 N–H and O–H groups in total. The number of sulfonamides is 1. The van der Waals surface area contributed by atoms with E-state index in [0.29, 0.717) is 36.3 Å². The Morgan fingerprint density at radius 1 is 1.05 bits per heavy atom. The number of nitrogens with zero attached hydrogens (tertiary/aromatic N) is 3. The topological polar surface area (TPSA) is 212 Å². The lowest BCUT2D eigenvalue weighted by molar-refractivity contribution is -0.145. The molecule has 7 atom stereocenters. The van der Waals surface area contributed by atoms with Crippen molar-refractivity contribution in [2.24, 2.45) is 16.3 Å². The van der Waals surface area contributed by atoms with Crippen LogP contribution in [0.4, 0.5) is 0 Å². The van der Waals surface area contributed by atoms with Crippen LogP contribution in [0.25, 0.3) is 0 Å². The number of nitrogens with one attached hydrogen (secondary N) is 4. The smallest absolute Gasteiger partial charge is 0.263 e. The van der Waals surface area contributed by atoms with E-state index in [9.17, 15) is 33.0 Å². The van der Waals surface area contributed by atoms with E-state index in [1.54, 1.807) is 30.3 Å². The Bertz CT molecular complexity index is 1900. The SMILES string of the molecule is CCC[C@H](NC(=O)[C@@H]1C[C@@H](Oc2ccc(Cl)cn2)CN1C(=O)[C@@H](NC(=O)[C@@H](N=C1NS(=O)(=O)c2ccccc21)C1CCCCC1)C(C)(C)C)C(O)C(O)NC1CC1. The third kappa shape index (κ3) is 10.4. The molecule has 2 aromatic rings. The molecule has 6 rings (SSSR count). The van der Waals surface area contributed by atoms with Crippen molar-refractivity contribution < 1.29 is 37.8 Å². The first kappa shape index (κ1) is 42.8. The molecule has 57 heavy (non-hydrogen) atoms. The van der Waals surface area contributed by atoms with Gasteiger partial charge in [-0.3, -0.25) is 29.4 Å². The summed E-state index contributed by atoms with van der Waals surface area (Å²) in [6.07, 6.45) is 5.27. The Balaban J connectivity index is 1.28. The van der Waals surface area contributed by atoms with Gasteiger partial charge in [0, 0.05) is 30.3 Å². The predicted molar refractivity (Wildman–Crippen MR) is 214 cm³/mol. The van der Waals surface area contributed by atoms with Crippen LogP contribution in [0.1, 0.15) is 97.5 Å². The van der Waals surface area contributed by atoms with Gasteiger partial charge in [0.25, 0.3) is 10.0 Å². The Labute approximate surface area is 339 Å². The van der Waals surface area contributed by atoms with Gasteiger partial charge in [0.15, 0.2) is 0 Å². The summed E-state index contributed by atoms with van der Waals surface area (Å²) in [5.41, 5.74) is -0.473. The summed E-state index contributed by atoms with van der Waals surface area (Å²) in [7, 11) is -3.86. The van der Waals surface area contributed by atoms with E-state index in [2.05, 4.69) is 25.7 Å². The van der Waals surface area contributed by atoms with Crippen molar-refractivity contribution in [1.29, 1.82) is 0 Å². The highest BCUT2D eigenvalue weighted by molar-refractivity contribution is 7.90. The van der Waals surface area contributed by atoms with E-state index in [1.165, 1.54) is 17.2 Å². The molecule has 15 nitrogen and oxygen atoms in total. The van der Waals surface area contributed by atoms with Crippen LogP contribution in [0.15, 0.2) is 52.5 Å². The normalized spacial score (nSPS) is 24.1. The van der Waals surface area contributed by atoms with Gasteiger partial charge in [0.1, 0.15) is 42.4 Å². The molecule has 2 unspecified atom stereocenters. The van der Waals surface area contributed by atoms with Crippen molar-refractivity contribution in [2.75, 3.05) is 6.54 Å². The molecule has 3 fully saturated rings. The van der Waals surface area contributed by atoms with Crippen LogP contribution in [0, 0.1) is 11.3 Å². The lowest BCUT2D eigenvalue weighted by Gasteiger charge is -2.37. The summed E-state index contributed by atoms with van der Waals surface area (Å²) >= 11 is 6.04. The number of ether oxygens (including phenoxy) is 1. The fourth-order valence-electron chi connectivity index (χ4n) is 7.94. The quantitative estimate of drug-likeness (QED) is 0.145. The molecule has 4 aliphatic rings. The molecule has 3 amide bonds. The zero-order valence-corrected chi connectivity index (χ0v) is 34.6. The maximum atomic E-state index is 14.9. The first-order valence-corrected chi connectivity index (χ1v) is 21.9. The number of amidine groups is 1. The summed E-state index contributed by atoms with van der Waals surface area (Å²) in [5, 5.41) is 31.1. The van der Waals surface area contributed by atoms with Crippen LogP contribution >= 0.6 is 11.6 Å². The number of benzene rings is 1. The van der Waals surface area contributed by atoms with Crippen molar-refractivity contribution in [3.63, 3.8) is 0 Å². The molecule has 312 valence electrons. The largest absolute Gasteiger partial charge is 0.472 e. The van der Waals surface area contributed by atoms with Gasteiger partial charge in [-0.1, -0.05) is 77.1 Å². The van der Waals surface area contributed by atoms with Gasteiger partial charge < -0.3 is 30.5 Å². The molecule has 2 saturated carbocycles. The molecule has 0 bridgehead atoms. The number of rotatable bonds is 15. The number of fused-ring (bicyclic) bond motifs is 1. The number of hydrogen-bond donors (Lipinski definition) is 6. The van der Waals surface area contributed by atoms with E-state index >= 15 is 0 Å². The van der Waals surface area contributed by atoms with Gasteiger partial charge in [-0.2, -0.15) is 0 Å². The minimum Gasteiger partial charge on any atom is -0.472 e. The Morgan fingerprint density at radius 2 is 1.77 bits per heavy atom. The second-order valence-electron chi connectivity index (χ2n) is 16.8. The number of aliphatic imine (C=N–C) groups is 1. The minimum absolute atomic E-state index is 0.0105. The summed E-state index contributed by atoms with van der Waals surface area (Å²) in [6.45, 7) is 7.35. The van der Waals surface area contributed by atoms with Crippen molar-refractivity contribution in [3.05, 3.63) is 53.2 Å². The number of carbonyl (C=O) groups excluding carboxylic acids is 3. The standard InChI is InChI=1S/C40H56ClN7O8S/c1-5-11-28(33(49)38(52)43-25-17-18-25)44-36(50)29-20-26(56-31-19-16-24(41)21-42-31)22-48(29)39(53)34(40(2,3)4)46-37(51)32(23-12-7-6-8-13-23)45-35-27-14-9-10-15-30(27)57(54,55)47-35/h9-10,14-16,19,21,23,25-26,28-29,32-34,38,43,49,52H,5-8,11-13,17-18,20,22H2,1-4H3,(H,44,50)(H,45,47)(H,46,51)/t26-,28+,29+,32+,33?,34-,38?/m1/s1. The molecule has 2 aliphatic carbocycles. The van der Waals surface area contributed by atoms with Crippen LogP contribution in [0.5, 0.6) is 5.88 Å². The van der Waals surface area contributed by atoms with Crippen LogP contribution < -0.4 is 25.4 Å². The van der Waals surface area contributed by atoms with Gasteiger partial charge in [-0.15, -0.1) is 0 Å². The summed E-state index contributed by atoms with van der Waals surface area (Å²) < 4.78 is 34.6. The predicted octanol–water partition coefficient (Wildman–Crippen LogP) is 3.02. The fraction of sp³-hybridized carbons (Fsp3) is 0.625. The highest BCUT2D eigenvalue weighted by atomic mass is 35.5. The van der Waals surface area contributed by atoms with Crippen molar-refractivity contribution in [2.45, 2.75) is 145 Å². The van der Waals surface area contributed by atoms with E-state index in [4.69, 9.17) is 21.3 Å². The third-order valence-corrected chi connectivity index (χ3v) is 12.8. The highest BCUT2D eigenvalue weighted by Crippen LogP contribution is 2.33. The second kappa shape index (κ2) is 18.0. The second-order valence-corrected chi connectivity index (χ2v) is 18.9. The number of hydrogen-bond acceptors (Lipinski definition) is 11. The van der Waals surface area contributed by atoms with E-state index < -0.39 is 75.8 Å². The maximum absolute atomic E-state index is 14.9. The van der Waals surface area contributed by atoms with Crippen LogP contribution in [-0.4, -0.2) is 107 Å². The lowest BCUT2D eigenvalue weighted by Crippen LogP contribution is -2.60. The average Bonchev–Trinajstić information content (AvgIpc) is 3.83. The number of carbonyl (C=O) groups is 3. The van der Waals surface area contributed by atoms with E-state index in [0.717, 1.165) is 32.1 Å². The van der Waals surface area contributed by atoms with Gasteiger partial charge >= 0.3 is 0 Å². The Morgan fingerprint density at radius 3 is 2.42 bits per heavy atom. The van der Waals surface area contributed by atoms with E-state index in [-0.39, 0.29) is 41.5 Å². The number of pyridine rings is 1. The maximum Gasteiger partial charge on any atom is 0.263 e. The van der Waals surface area contributed by atoms with Crippen molar-refractivity contribution in [3.8, 4) is 5.88 Å². The van der Waals surface area contributed by atoms with Crippen LogP contribution in [0.3, 0.4) is 0 Å². The Kier molecular flexibility index (Phi) is 13.5. The van der Waals surface area contributed by atoms with Crippen LogP contribution in [-0.2, 0) is 24.4 Å². The molecular weight excluding hydrogens is 774 g/mol. The molecule has 0 radical (unpaired) electrons. The average molecular weight is 830 g/mol. The zero-order valence-electron chi connectivity index (χ0n) is 33.0. The fourth-order valence-corrected chi connectivity index (χ4v) is 9.30. The zero-order chi connectivity index (χ0) is 41.1. The van der Waals surface area contributed by atoms with Crippen molar-refractivity contribution in [1.82, 2.24) is 30.6 Å². The number of aliphatic hydroxyl groups is 2. The number of halogens is 1. The van der Waals surface area contributed by atoms with Gasteiger partial charge in [-0.05, 0) is 61.6 Å². The van der Waals surface area contributed by atoms with Gasteiger partial charge in [0.2, 0.25) is 23.6 Å². The molecule has 2 aliphatic heterocycles. The third-order valence-electron chi connectivity index (χ3n) is 11.2. The van der Waals surface area contributed by atoms with Gasteiger partial charge in [0.05, 0.1) is 22.5 Å². The summed E-state index contributed by atoms with van der Waals surface area (Å²) in [6, 6.07) is 5.80. The van der Waals surface area contributed by atoms with Crippen LogP contribution in [0.2, 0.25) is 5.02 Å². The number of amides is 3. The number of aromatic nitrogens is 1. The Hall–Kier alpha value is -3.83. The van der Waals surface area contributed by atoms with Crippen molar-refractivity contribution >= 4 is 45.2 Å². The minimum atomic E-state index is -3.86. The molecule has 0 spiro atoms. The molecular formula is C40H56ClN7O8S. The van der Waals surface area contributed by atoms with E-state index in [1.807, 2.05) is 27.7 Å². The number of likely N-dealkylation sites (tertiary alicyclic amines) is 1. The van der Waals surface area contributed by atoms with Gasteiger partial charge in [-0.25, -0.2) is 13.4 Å². The molecule has 1 aromatic heterocycles. The summed E-state index contributed by atoms with van der Waals surface area (Å²) in [4.78, 5) is 54.1. The highest BCUT2D eigenvalue weighted by Gasteiger charge is 2.47. The lowest BCUT2D eigenvalue weighted by atomic mass is 9.82. The monoisotopic (exact) mass is 829 g/mol. The number of aliphatic hydroxyl groups excluding tert-OH is 2.